The number of rotatable bonds is 10. The minimum atomic E-state index is -2.89. The van der Waals surface area contributed by atoms with Gasteiger partial charge in [0.05, 0.1) is 0 Å². The molecule has 0 atom stereocenters. The Bertz CT molecular complexity index is 4510. The number of hydrogen-bond donors (Lipinski definition) is 0. The SMILES string of the molecule is CC(C)(C)c1cc(-c2ccc3c(c2)Oc2c(-c4ccc([Si](c5ccccc5)(c5ccccc5)c5ccccc5)cc4)cc(-c4c(-c5ccccc5)cccc4-c4ccccc4)c4c2B3c2ccc(-c3cc(C(C)(C)C)cc(C(C)(C)C)c3)cc2O4)cc(C(C)(C)C)c1. The molecule has 0 saturated heterocycles. The lowest BCUT2D eigenvalue weighted by Crippen LogP contribution is -2.74. The van der Waals surface area contributed by atoms with Crippen LogP contribution in [0.3, 0.4) is 0 Å². The average Bonchev–Trinajstić information content (AvgIpc) is 0.707. The molecule has 14 rings (SSSR count). The van der Waals surface area contributed by atoms with E-state index >= 15 is 0 Å². The third-order valence-electron chi connectivity index (χ3n) is 19.4. The number of hydrogen-bond acceptors (Lipinski definition) is 2. The van der Waals surface area contributed by atoms with Gasteiger partial charge in [0.1, 0.15) is 23.0 Å². The number of ether oxygens (including phenoxy) is 2. The van der Waals surface area contributed by atoms with E-state index in [1.54, 1.807) is 0 Å². The maximum Gasteiger partial charge on any atom is 0.260 e. The molecule has 12 aromatic carbocycles. The molecule has 2 nitrogen and oxygen atoms in total. The van der Waals surface area contributed by atoms with E-state index in [-0.39, 0.29) is 28.4 Å². The van der Waals surface area contributed by atoms with Crippen LogP contribution in [-0.2, 0) is 21.7 Å². The van der Waals surface area contributed by atoms with E-state index in [0.717, 1.165) is 95.0 Å². The second-order valence-corrected chi connectivity index (χ2v) is 33.5. The summed E-state index contributed by atoms with van der Waals surface area (Å²) in [6.45, 7) is 27.6. The van der Waals surface area contributed by atoms with Crippen molar-refractivity contribution in [1.82, 2.24) is 0 Å². The van der Waals surface area contributed by atoms with Gasteiger partial charge < -0.3 is 9.47 Å². The summed E-state index contributed by atoms with van der Waals surface area (Å²) in [7, 11) is -2.89. The van der Waals surface area contributed by atoms with Crippen LogP contribution in [0.15, 0.2) is 273 Å². The second-order valence-electron chi connectivity index (χ2n) is 29.7. The van der Waals surface area contributed by atoms with Crippen molar-refractivity contribution in [3.05, 3.63) is 295 Å². The predicted octanol–water partition coefficient (Wildman–Crippen LogP) is 19.0. The van der Waals surface area contributed by atoms with Gasteiger partial charge in [0, 0.05) is 22.2 Å². The number of fused-ring (bicyclic) bond motifs is 4. The van der Waals surface area contributed by atoms with E-state index < -0.39 is 8.07 Å². The van der Waals surface area contributed by atoms with Gasteiger partial charge in [-0.3, -0.25) is 0 Å². The monoisotopic (exact) mass is 1210 g/mol. The zero-order valence-corrected chi connectivity index (χ0v) is 56.4. The van der Waals surface area contributed by atoms with Crippen molar-refractivity contribution in [3.8, 4) is 89.8 Å². The molecule has 0 unspecified atom stereocenters. The lowest BCUT2D eigenvalue weighted by atomic mass is 9.34. The molecule has 92 heavy (non-hydrogen) atoms. The van der Waals surface area contributed by atoms with E-state index in [4.69, 9.17) is 9.47 Å². The molecule has 0 aliphatic carbocycles. The van der Waals surface area contributed by atoms with Gasteiger partial charge in [-0.05, 0) is 144 Å². The van der Waals surface area contributed by atoms with Crippen molar-refractivity contribution in [2.24, 2.45) is 0 Å². The highest BCUT2D eigenvalue weighted by atomic mass is 28.3. The van der Waals surface area contributed by atoms with Crippen molar-refractivity contribution in [3.63, 3.8) is 0 Å². The normalized spacial score (nSPS) is 12.9. The predicted molar refractivity (Wildman–Crippen MR) is 395 cm³/mol. The molecule has 0 aromatic heterocycles. The van der Waals surface area contributed by atoms with Crippen LogP contribution in [0.5, 0.6) is 23.0 Å². The van der Waals surface area contributed by atoms with E-state index in [1.807, 2.05) is 0 Å². The van der Waals surface area contributed by atoms with E-state index in [1.165, 1.54) is 54.1 Å². The van der Waals surface area contributed by atoms with Gasteiger partial charge in [0.15, 0.2) is 8.07 Å². The van der Waals surface area contributed by atoms with Crippen molar-refractivity contribution < 1.29 is 9.47 Å². The zero-order valence-electron chi connectivity index (χ0n) is 55.4. The van der Waals surface area contributed by atoms with Crippen LogP contribution in [0.1, 0.15) is 105 Å². The summed E-state index contributed by atoms with van der Waals surface area (Å²) in [5, 5.41) is 5.30. The van der Waals surface area contributed by atoms with Crippen LogP contribution in [0.2, 0.25) is 0 Å². The maximum absolute atomic E-state index is 7.87. The molecule has 0 radical (unpaired) electrons. The Morgan fingerprint density at radius 1 is 0.261 bits per heavy atom. The van der Waals surface area contributed by atoms with Gasteiger partial charge in [-0.2, -0.15) is 0 Å². The Hall–Kier alpha value is -9.48. The van der Waals surface area contributed by atoms with Crippen molar-refractivity contribution >= 4 is 51.9 Å². The van der Waals surface area contributed by atoms with Crippen molar-refractivity contribution in [2.45, 2.75) is 105 Å². The fourth-order valence-electron chi connectivity index (χ4n) is 14.2. The lowest BCUT2D eigenvalue weighted by molar-refractivity contribution is 0.467. The van der Waals surface area contributed by atoms with Gasteiger partial charge >= 0.3 is 0 Å². The van der Waals surface area contributed by atoms with Crippen LogP contribution in [0, 0.1) is 0 Å². The van der Waals surface area contributed by atoms with Gasteiger partial charge in [-0.1, -0.05) is 338 Å². The van der Waals surface area contributed by atoms with Crippen molar-refractivity contribution in [2.75, 3.05) is 0 Å². The fourth-order valence-corrected chi connectivity index (χ4v) is 18.9. The van der Waals surface area contributed by atoms with Gasteiger partial charge in [0.2, 0.25) is 0 Å². The third kappa shape index (κ3) is 10.9. The molecule has 0 N–H and O–H groups in total. The molecule has 2 aliphatic rings. The molecule has 2 aliphatic heterocycles. The van der Waals surface area contributed by atoms with Crippen LogP contribution < -0.4 is 46.6 Å². The van der Waals surface area contributed by atoms with Crippen LogP contribution in [0.4, 0.5) is 0 Å². The second kappa shape index (κ2) is 23.0. The number of benzene rings is 12. The lowest BCUT2D eigenvalue weighted by Gasteiger charge is -2.36. The van der Waals surface area contributed by atoms with Crippen LogP contribution in [-0.4, -0.2) is 14.8 Å². The Morgan fingerprint density at radius 3 is 0.957 bits per heavy atom. The highest BCUT2D eigenvalue weighted by Crippen LogP contribution is 2.51. The highest BCUT2D eigenvalue weighted by molar-refractivity contribution is 7.19. The van der Waals surface area contributed by atoms with Crippen molar-refractivity contribution in [1.29, 1.82) is 0 Å². The average molecular weight is 1210 g/mol. The quantitative estimate of drug-likeness (QED) is 0.100. The summed E-state index contributed by atoms with van der Waals surface area (Å²) in [4.78, 5) is 0. The molecular formula is C88H81BO2Si. The smallest absolute Gasteiger partial charge is 0.260 e. The Morgan fingerprint density at radius 2 is 0.587 bits per heavy atom. The fraction of sp³-hybridized carbons (Fsp3) is 0.182. The topological polar surface area (TPSA) is 18.5 Å². The summed E-state index contributed by atoms with van der Waals surface area (Å²) in [6.07, 6.45) is 0. The first-order valence-corrected chi connectivity index (χ1v) is 34.8. The first kappa shape index (κ1) is 60.1. The largest absolute Gasteiger partial charge is 0.458 e. The zero-order chi connectivity index (χ0) is 63.9. The molecule has 2 heterocycles. The first-order valence-electron chi connectivity index (χ1n) is 32.8. The van der Waals surface area contributed by atoms with Gasteiger partial charge in [0.25, 0.3) is 6.71 Å². The van der Waals surface area contributed by atoms with Gasteiger partial charge in [-0.25, -0.2) is 0 Å². The summed E-state index contributed by atoms with van der Waals surface area (Å²) >= 11 is 0. The maximum atomic E-state index is 7.87. The molecule has 0 bridgehead atoms. The summed E-state index contributed by atoms with van der Waals surface area (Å²) < 4.78 is 15.7. The Balaban J connectivity index is 1.07. The van der Waals surface area contributed by atoms with Crippen LogP contribution in [0.25, 0.3) is 66.8 Å². The standard InChI is InChI=1S/C88H81BO2Si/c1-85(2,3)65-49-63(50-66(55-65)86(4,5)6)61-43-47-77-79(53-61)90-83-75(60-41-45-72(46-42-60)92(69-33-22-15-23-34-69,70-35-24-16-25-36-70)71-37-26-17-27-38-71)57-76(81-73(58-29-18-13-19-30-58)39-28-40-74(81)59-31-20-14-21-32-59)84-82(83)89(77)78-48-44-62(54-80(78)91-84)64-51-67(87(7,8)9)56-68(52-64)88(10,11)12/h13-57H,1-12H3. The molecule has 0 fully saturated rings. The summed E-state index contributed by atoms with van der Waals surface area (Å²) in [5.74, 6) is 3.30. The Labute approximate surface area is 547 Å². The van der Waals surface area contributed by atoms with Gasteiger partial charge in [-0.15, -0.1) is 0 Å². The third-order valence-corrected chi connectivity index (χ3v) is 24.2. The Kier molecular flexibility index (Phi) is 15.0. The molecule has 0 amide bonds. The molecule has 12 aromatic rings. The van der Waals surface area contributed by atoms with Crippen LogP contribution >= 0.6 is 0 Å². The minimum Gasteiger partial charge on any atom is -0.458 e. The molecule has 4 heteroatoms. The first-order chi connectivity index (χ1) is 44.1. The molecule has 0 saturated carbocycles. The highest BCUT2D eigenvalue weighted by Gasteiger charge is 2.45. The minimum absolute atomic E-state index is 0.0593. The summed E-state index contributed by atoms with van der Waals surface area (Å²) in [5.41, 5.74) is 21.5. The molecular weight excluding hydrogens is 1130 g/mol. The summed E-state index contributed by atoms with van der Waals surface area (Å²) in [6, 6.07) is 103. The van der Waals surface area contributed by atoms with E-state index in [2.05, 4.69) is 356 Å². The van der Waals surface area contributed by atoms with E-state index in [0.29, 0.717) is 0 Å². The molecule has 452 valence electrons. The van der Waals surface area contributed by atoms with E-state index in [9.17, 15) is 0 Å². The molecule has 0 spiro atoms.